The third-order valence-corrected chi connectivity index (χ3v) is 8.47. The van der Waals surface area contributed by atoms with Crippen LogP contribution in [0, 0.1) is 15.9 Å². The van der Waals surface area contributed by atoms with Gasteiger partial charge < -0.3 is 10.0 Å². The van der Waals surface area contributed by atoms with Crippen LogP contribution in [-0.2, 0) is 12.3 Å². The van der Waals surface area contributed by atoms with E-state index in [4.69, 9.17) is 0 Å². The minimum absolute atomic E-state index is 0.0450. The standard InChI is InChI=1S/C34H30FN3O5S/c35-29-13-6-25(7-14-29)23-44-32(33(39)27-9-11-28(12-10-27)34(40)41)21-26-8-15-30(31(20-26)38(42)43)37-18-16-36(17-19-37)22-24-4-2-1-3-5-24/h1-15,20-21H,16-19,22-23H2,(H,40,41)/b32-21+. The Morgan fingerprint density at radius 1 is 0.864 bits per heavy atom. The number of thioether (sulfide) groups is 1. The summed E-state index contributed by atoms with van der Waals surface area (Å²) in [5.41, 5.74) is 3.33. The van der Waals surface area contributed by atoms with Crippen LogP contribution in [0.15, 0.2) is 102 Å². The highest BCUT2D eigenvalue weighted by Crippen LogP contribution is 2.33. The lowest BCUT2D eigenvalue weighted by Crippen LogP contribution is -2.46. The molecule has 224 valence electrons. The third-order valence-electron chi connectivity index (χ3n) is 7.38. The van der Waals surface area contributed by atoms with Crippen molar-refractivity contribution in [3.05, 3.63) is 146 Å². The minimum atomic E-state index is -1.10. The van der Waals surface area contributed by atoms with Gasteiger partial charge in [-0.15, -0.1) is 11.8 Å². The average Bonchev–Trinajstić information content (AvgIpc) is 3.04. The van der Waals surface area contributed by atoms with E-state index in [0.717, 1.165) is 25.2 Å². The number of nitro benzene ring substituents is 1. The maximum absolute atomic E-state index is 13.6. The normalized spacial score (nSPS) is 13.9. The van der Waals surface area contributed by atoms with Gasteiger partial charge in [-0.1, -0.05) is 60.7 Å². The minimum Gasteiger partial charge on any atom is -0.478 e. The Labute approximate surface area is 258 Å². The Morgan fingerprint density at radius 2 is 1.52 bits per heavy atom. The van der Waals surface area contributed by atoms with E-state index in [2.05, 4.69) is 17.0 Å². The molecule has 1 aliphatic heterocycles. The molecule has 8 nitrogen and oxygen atoms in total. The van der Waals surface area contributed by atoms with Crippen molar-refractivity contribution in [2.24, 2.45) is 0 Å². The Morgan fingerprint density at radius 3 is 2.16 bits per heavy atom. The number of halogens is 1. The summed E-state index contributed by atoms with van der Waals surface area (Å²) in [6, 6.07) is 26.7. The molecule has 0 aromatic heterocycles. The number of nitrogens with zero attached hydrogens (tertiary/aromatic N) is 3. The van der Waals surface area contributed by atoms with Gasteiger partial charge in [0.2, 0.25) is 0 Å². The summed E-state index contributed by atoms with van der Waals surface area (Å²) in [4.78, 5) is 41.3. The highest BCUT2D eigenvalue weighted by Gasteiger charge is 2.24. The van der Waals surface area contributed by atoms with Crippen LogP contribution in [0.4, 0.5) is 15.8 Å². The maximum Gasteiger partial charge on any atom is 0.335 e. The number of piperazine rings is 1. The van der Waals surface area contributed by atoms with Gasteiger partial charge in [0.15, 0.2) is 5.78 Å². The number of anilines is 1. The van der Waals surface area contributed by atoms with Crippen molar-refractivity contribution in [3.63, 3.8) is 0 Å². The molecule has 10 heteroatoms. The third kappa shape index (κ3) is 7.77. The molecule has 1 aliphatic rings. The fraction of sp³-hybridized carbons (Fsp3) is 0.176. The van der Waals surface area contributed by atoms with Gasteiger partial charge in [-0.05, 0) is 53.1 Å². The molecule has 1 fully saturated rings. The number of nitro groups is 1. The van der Waals surface area contributed by atoms with E-state index in [1.54, 1.807) is 30.3 Å². The predicted octanol–water partition coefficient (Wildman–Crippen LogP) is 6.91. The number of benzene rings is 4. The van der Waals surface area contributed by atoms with Gasteiger partial charge in [-0.25, -0.2) is 9.18 Å². The smallest absolute Gasteiger partial charge is 0.335 e. The van der Waals surface area contributed by atoms with E-state index in [0.29, 0.717) is 35.0 Å². The van der Waals surface area contributed by atoms with Gasteiger partial charge in [0.1, 0.15) is 11.5 Å². The zero-order valence-electron chi connectivity index (χ0n) is 23.8. The van der Waals surface area contributed by atoms with Crippen molar-refractivity contribution in [2.45, 2.75) is 12.3 Å². The summed E-state index contributed by atoms with van der Waals surface area (Å²) in [5, 5.41) is 21.4. The maximum atomic E-state index is 13.6. The molecule has 0 bridgehead atoms. The topological polar surface area (TPSA) is 104 Å². The average molecular weight is 612 g/mol. The van der Waals surface area contributed by atoms with Crippen molar-refractivity contribution < 1.29 is 24.0 Å². The Hall–Kier alpha value is -4.80. The number of carboxylic acid groups (broad SMARTS) is 1. The fourth-order valence-electron chi connectivity index (χ4n) is 5.00. The van der Waals surface area contributed by atoms with Crippen LogP contribution >= 0.6 is 11.8 Å². The summed E-state index contributed by atoms with van der Waals surface area (Å²) in [6.07, 6.45) is 1.61. The largest absolute Gasteiger partial charge is 0.478 e. The lowest BCUT2D eigenvalue weighted by molar-refractivity contribution is -0.384. The van der Waals surface area contributed by atoms with Crippen molar-refractivity contribution in [3.8, 4) is 0 Å². The summed E-state index contributed by atoms with van der Waals surface area (Å²) in [6.45, 7) is 3.66. The van der Waals surface area contributed by atoms with Gasteiger partial charge in [-0.2, -0.15) is 0 Å². The van der Waals surface area contributed by atoms with Gasteiger partial charge in [0.25, 0.3) is 5.69 Å². The highest BCUT2D eigenvalue weighted by atomic mass is 32.2. The number of ketones is 1. The second kappa shape index (κ2) is 14.1. The number of allylic oxidation sites excluding steroid dienone is 1. The quantitative estimate of drug-likeness (QED) is 0.0845. The molecule has 0 radical (unpaired) electrons. The Kier molecular flexibility index (Phi) is 9.83. The van der Waals surface area contributed by atoms with Crippen LogP contribution in [-0.4, -0.2) is 52.9 Å². The molecule has 4 aromatic rings. The molecule has 0 saturated carbocycles. The van der Waals surface area contributed by atoms with E-state index >= 15 is 0 Å². The molecule has 44 heavy (non-hydrogen) atoms. The Balaban J connectivity index is 1.38. The summed E-state index contributed by atoms with van der Waals surface area (Å²) >= 11 is 1.22. The van der Waals surface area contributed by atoms with Crippen molar-refractivity contribution in [1.29, 1.82) is 0 Å². The fourth-order valence-corrected chi connectivity index (χ4v) is 5.99. The van der Waals surface area contributed by atoms with E-state index in [9.17, 15) is 29.2 Å². The zero-order valence-corrected chi connectivity index (χ0v) is 24.6. The first-order valence-electron chi connectivity index (χ1n) is 14.0. The lowest BCUT2D eigenvalue weighted by atomic mass is 10.1. The Bertz CT molecular complexity index is 1670. The molecule has 1 heterocycles. The van der Waals surface area contributed by atoms with E-state index in [1.807, 2.05) is 23.1 Å². The summed E-state index contributed by atoms with van der Waals surface area (Å²) in [7, 11) is 0. The first kappa shape index (κ1) is 30.7. The number of Topliss-reactive ketones (excluding diaryl/α,β-unsaturated/α-hetero) is 1. The molecule has 1 saturated heterocycles. The molecule has 0 unspecified atom stereocenters. The van der Waals surface area contributed by atoms with E-state index in [1.165, 1.54) is 59.8 Å². The van der Waals surface area contributed by atoms with Crippen molar-refractivity contribution in [1.82, 2.24) is 4.90 Å². The molecular formula is C34H30FN3O5S. The number of aromatic carboxylic acids is 1. The number of rotatable bonds is 11. The van der Waals surface area contributed by atoms with Crippen LogP contribution in [0.5, 0.6) is 0 Å². The first-order valence-corrected chi connectivity index (χ1v) is 15.0. The lowest BCUT2D eigenvalue weighted by Gasteiger charge is -2.35. The van der Waals surface area contributed by atoms with Crippen LogP contribution < -0.4 is 4.90 Å². The molecule has 0 aliphatic carbocycles. The van der Waals surface area contributed by atoms with Crippen molar-refractivity contribution >= 4 is 41.0 Å². The number of carbonyl (C=O) groups is 2. The molecule has 4 aromatic carbocycles. The molecule has 0 spiro atoms. The first-order chi connectivity index (χ1) is 21.3. The molecule has 0 atom stereocenters. The van der Waals surface area contributed by atoms with Gasteiger partial charge in [-0.3, -0.25) is 19.8 Å². The number of carbonyl (C=O) groups excluding carboxylic acids is 1. The second-order valence-electron chi connectivity index (χ2n) is 10.4. The van der Waals surface area contributed by atoms with E-state index < -0.39 is 10.9 Å². The van der Waals surface area contributed by atoms with Crippen molar-refractivity contribution in [2.75, 3.05) is 31.1 Å². The summed E-state index contributed by atoms with van der Waals surface area (Å²) < 4.78 is 13.4. The monoisotopic (exact) mass is 611 g/mol. The SMILES string of the molecule is O=C(O)c1ccc(C(=O)/C(=C\c2ccc(N3CCN(Cc4ccccc4)CC3)c([N+](=O)[O-])c2)SCc2ccc(F)cc2)cc1. The van der Waals surface area contributed by atoms with Crippen LogP contribution in [0.25, 0.3) is 6.08 Å². The molecule has 5 rings (SSSR count). The number of hydrogen-bond acceptors (Lipinski definition) is 7. The number of hydrogen-bond donors (Lipinski definition) is 1. The molecular weight excluding hydrogens is 581 g/mol. The predicted molar refractivity (Wildman–Crippen MR) is 170 cm³/mol. The van der Waals surface area contributed by atoms with Crippen LogP contribution in [0.2, 0.25) is 0 Å². The number of carboxylic acids is 1. The van der Waals surface area contributed by atoms with E-state index in [-0.39, 0.29) is 28.4 Å². The molecule has 0 amide bonds. The second-order valence-corrected chi connectivity index (χ2v) is 11.4. The zero-order chi connectivity index (χ0) is 31.1. The van der Waals surface area contributed by atoms with Gasteiger partial charge in [0.05, 0.1) is 15.4 Å². The highest BCUT2D eigenvalue weighted by molar-refractivity contribution is 8.03. The van der Waals surface area contributed by atoms with Crippen LogP contribution in [0.1, 0.15) is 37.4 Å². The van der Waals surface area contributed by atoms with Gasteiger partial charge >= 0.3 is 5.97 Å². The van der Waals surface area contributed by atoms with Crippen LogP contribution in [0.3, 0.4) is 0 Å². The summed E-state index contributed by atoms with van der Waals surface area (Å²) in [5.74, 6) is -1.46. The van der Waals surface area contributed by atoms with Gasteiger partial charge in [0, 0.05) is 50.1 Å². The molecule has 1 N–H and O–H groups in total.